The average Bonchev–Trinajstić information content (AvgIpc) is 2.89. The topological polar surface area (TPSA) is 55.3 Å². The van der Waals surface area contributed by atoms with Gasteiger partial charge in [0, 0.05) is 18.3 Å². The van der Waals surface area contributed by atoms with Gasteiger partial charge in [-0.25, -0.2) is 4.98 Å². The van der Waals surface area contributed by atoms with Crippen LogP contribution < -0.4 is 11.1 Å². The van der Waals surface area contributed by atoms with E-state index in [1.165, 1.54) is 6.42 Å². The van der Waals surface area contributed by atoms with Crippen molar-refractivity contribution in [2.24, 2.45) is 5.92 Å². The van der Waals surface area contributed by atoms with Crippen LogP contribution in [-0.2, 0) is 6.42 Å². The number of nitrogen functional groups attached to an aromatic ring is 1. The van der Waals surface area contributed by atoms with Gasteiger partial charge in [0.15, 0.2) is 5.15 Å². The molecule has 1 saturated heterocycles. The first-order valence-corrected chi connectivity index (χ1v) is 6.24. The second-order valence-corrected chi connectivity index (χ2v) is 4.96. The fourth-order valence-corrected chi connectivity index (χ4v) is 2.67. The molecule has 0 radical (unpaired) electrons. The van der Waals surface area contributed by atoms with Crippen LogP contribution in [0.15, 0.2) is 18.3 Å². The lowest BCUT2D eigenvalue weighted by atomic mass is 10.0. The normalized spacial score (nSPS) is 20.2. The highest BCUT2D eigenvalue weighted by atomic mass is 35.5. The van der Waals surface area contributed by atoms with E-state index in [2.05, 4.69) is 10.3 Å². The molecular formula is C12H15ClN4. The quantitative estimate of drug-likeness (QED) is 0.854. The van der Waals surface area contributed by atoms with Crippen LogP contribution >= 0.6 is 11.6 Å². The molecule has 3 heterocycles. The van der Waals surface area contributed by atoms with Crippen LogP contribution in [0.1, 0.15) is 12.2 Å². The number of aromatic nitrogens is 2. The standard InChI is InChI=1S/C12H15ClN4/c13-12-10-2-1-9(14)7-17(10)11(16-12)5-8-3-4-15-6-8/h1-2,7-8,15H,3-6,14H2. The summed E-state index contributed by atoms with van der Waals surface area (Å²) in [7, 11) is 0. The minimum Gasteiger partial charge on any atom is -0.398 e. The van der Waals surface area contributed by atoms with Crippen LogP contribution in [0.3, 0.4) is 0 Å². The summed E-state index contributed by atoms with van der Waals surface area (Å²) >= 11 is 6.13. The number of fused-ring (bicyclic) bond motifs is 1. The predicted octanol–water partition coefficient (Wildman–Crippen LogP) is 1.72. The first-order chi connectivity index (χ1) is 8.24. The lowest BCUT2D eigenvalue weighted by Crippen LogP contribution is -2.12. The minimum absolute atomic E-state index is 0.561. The molecule has 1 unspecified atom stereocenters. The van der Waals surface area contributed by atoms with Gasteiger partial charge in [-0.15, -0.1) is 0 Å². The Hall–Kier alpha value is -1.26. The van der Waals surface area contributed by atoms with Crippen molar-refractivity contribution in [1.82, 2.24) is 14.7 Å². The molecule has 0 amide bonds. The second-order valence-electron chi connectivity index (χ2n) is 4.60. The Labute approximate surface area is 105 Å². The van der Waals surface area contributed by atoms with Crippen molar-refractivity contribution in [3.05, 3.63) is 29.3 Å². The van der Waals surface area contributed by atoms with Crippen LogP contribution in [0.25, 0.3) is 5.52 Å². The Bertz CT molecular complexity index is 543. The highest BCUT2D eigenvalue weighted by molar-refractivity contribution is 6.32. The Kier molecular flexibility index (Phi) is 2.68. The highest BCUT2D eigenvalue weighted by Gasteiger charge is 2.18. The molecule has 0 aromatic carbocycles. The summed E-state index contributed by atoms with van der Waals surface area (Å²) in [6, 6.07) is 3.77. The maximum atomic E-state index is 6.13. The molecule has 0 bridgehead atoms. The molecule has 0 aliphatic carbocycles. The molecule has 0 spiro atoms. The third-order valence-corrected chi connectivity index (χ3v) is 3.60. The van der Waals surface area contributed by atoms with Crippen LogP contribution in [0.4, 0.5) is 5.69 Å². The fraction of sp³-hybridized carbons (Fsp3) is 0.417. The molecule has 4 nitrogen and oxygen atoms in total. The molecule has 2 aromatic rings. The number of rotatable bonds is 2. The second kappa shape index (κ2) is 4.20. The van der Waals surface area contributed by atoms with Crippen molar-refractivity contribution in [2.75, 3.05) is 18.8 Å². The summed E-state index contributed by atoms with van der Waals surface area (Å²) in [4.78, 5) is 4.44. The minimum atomic E-state index is 0.561. The van der Waals surface area contributed by atoms with Crippen molar-refractivity contribution in [3.8, 4) is 0 Å². The summed E-state index contributed by atoms with van der Waals surface area (Å²) in [5.74, 6) is 1.66. The van der Waals surface area contributed by atoms with Crippen LogP contribution in [0.2, 0.25) is 5.15 Å². The van der Waals surface area contributed by atoms with Gasteiger partial charge in [-0.1, -0.05) is 11.6 Å². The van der Waals surface area contributed by atoms with Gasteiger partial charge < -0.3 is 15.5 Å². The van der Waals surface area contributed by atoms with Gasteiger partial charge in [0.1, 0.15) is 5.82 Å². The molecular weight excluding hydrogens is 236 g/mol. The molecule has 17 heavy (non-hydrogen) atoms. The van der Waals surface area contributed by atoms with E-state index in [1.54, 1.807) is 0 Å². The molecule has 1 aliphatic rings. The number of nitrogens with zero attached hydrogens (tertiary/aromatic N) is 2. The Morgan fingerprint density at radius 2 is 2.41 bits per heavy atom. The summed E-state index contributed by atoms with van der Waals surface area (Å²) in [5.41, 5.74) is 7.47. The summed E-state index contributed by atoms with van der Waals surface area (Å²) in [5, 5.41) is 3.93. The maximum Gasteiger partial charge on any atom is 0.155 e. The van der Waals surface area contributed by atoms with Gasteiger partial charge in [-0.2, -0.15) is 0 Å². The SMILES string of the molecule is Nc1ccc2c(Cl)nc(CC3CCNC3)n2c1. The van der Waals surface area contributed by atoms with Crippen molar-refractivity contribution >= 4 is 22.8 Å². The summed E-state index contributed by atoms with van der Waals surface area (Å²) in [6.07, 6.45) is 4.05. The predicted molar refractivity (Wildman–Crippen MR) is 69.3 cm³/mol. The lowest BCUT2D eigenvalue weighted by molar-refractivity contribution is 0.560. The van der Waals surface area contributed by atoms with E-state index in [4.69, 9.17) is 17.3 Å². The molecule has 90 valence electrons. The van der Waals surface area contributed by atoms with Crippen molar-refractivity contribution in [2.45, 2.75) is 12.8 Å². The van der Waals surface area contributed by atoms with E-state index >= 15 is 0 Å². The average molecular weight is 251 g/mol. The van der Waals surface area contributed by atoms with Gasteiger partial charge >= 0.3 is 0 Å². The number of halogens is 1. The highest BCUT2D eigenvalue weighted by Crippen LogP contribution is 2.23. The van der Waals surface area contributed by atoms with E-state index < -0.39 is 0 Å². The zero-order chi connectivity index (χ0) is 11.8. The van der Waals surface area contributed by atoms with Gasteiger partial charge in [0.05, 0.1) is 5.52 Å². The van der Waals surface area contributed by atoms with E-state index in [9.17, 15) is 0 Å². The van der Waals surface area contributed by atoms with E-state index in [0.717, 1.165) is 36.5 Å². The third-order valence-electron chi connectivity index (χ3n) is 3.32. The molecule has 3 rings (SSSR count). The number of nitrogens with two attached hydrogens (primary N) is 1. The largest absolute Gasteiger partial charge is 0.398 e. The smallest absolute Gasteiger partial charge is 0.155 e. The van der Waals surface area contributed by atoms with Gasteiger partial charge in [0.2, 0.25) is 0 Å². The van der Waals surface area contributed by atoms with Gasteiger partial charge in [-0.3, -0.25) is 0 Å². The summed E-state index contributed by atoms with van der Waals surface area (Å²) < 4.78 is 2.01. The molecule has 2 aromatic heterocycles. The third kappa shape index (κ3) is 1.98. The number of hydrogen-bond donors (Lipinski definition) is 2. The first kappa shape index (κ1) is 10.9. The number of imidazole rings is 1. The Balaban J connectivity index is 2.00. The van der Waals surface area contributed by atoms with E-state index in [1.807, 2.05) is 22.7 Å². The van der Waals surface area contributed by atoms with E-state index in [-0.39, 0.29) is 0 Å². The zero-order valence-electron chi connectivity index (χ0n) is 9.49. The first-order valence-electron chi connectivity index (χ1n) is 5.87. The van der Waals surface area contributed by atoms with Crippen molar-refractivity contribution in [3.63, 3.8) is 0 Å². The molecule has 3 N–H and O–H groups in total. The fourth-order valence-electron chi connectivity index (χ4n) is 2.41. The van der Waals surface area contributed by atoms with Crippen molar-refractivity contribution < 1.29 is 0 Å². The number of hydrogen-bond acceptors (Lipinski definition) is 3. The Morgan fingerprint density at radius 3 is 3.18 bits per heavy atom. The van der Waals surface area contributed by atoms with Crippen LogP contribution in [-0.4, -0.2) is 22.5 Å². The molecule has 5 heteroatoms. The Morgan fingerprint density at radius 1 is 1.53 bits per heavy atom. The van der Waals surface area contributed by atoms with Gasteiger partial charge in [0.25, 0.3) is 0 Å². The van der Waals surface area contributed by atoms with E-state index in [0.29, 0.717) is 11.1 Å². The monoisotopic (exact) mass is 250 g/mol. The number of nitrogens with one attached hydrogen (secondary N) is 1. The van der Waals surface area contributed by atoms with Crippen LogP contribution in [0.5, 0.6) is 0 Å². The van der Waals surface area contributed by atoms with Crippen LogP contribution in [0, 0.1) is 5.92 Å². The summed E-state index contributed by atoms with van der Waals surface area (Å²) in [6.45, 7) is 2.17. The zero-order valence-corrected chi connectivity index (χ0v) is 10.2. The lowest BCUT2D eigenvalue weighted by Gasteiger charge is -2.07. The number of pyridine rings is 1. The molecule has 1 aliphatic heterocycles. The maximum absolute atomic E-state index is 6.13. The van der Waals surface area contributed by atoms with Crippen molar-refractivity contribution in [1.29, 1.82) is 0 Å². The van der Waals surface area contributed by atoms with Gasteiger partial charge in [-0.05, 0) is 37.6 Å². The molecule has 1 fully saturated rings. The molecule has 0 saturated carbocycles. The molecule has 1 atom stereocenters. The number of anilines is 1.